The molecule has 2 atom stereocenters. The molecule has 0 aliphatic heterocycles. The summed E-state index contributed by atoms with van der Waals surface area (Å²) in [5.41, 5.74) is 0.435. The van der Waals surface area contributed by atoms with E-state index in [-0.39, 0.29) is 13.0 Å². The van der Waals surface area contributed by atoms with Crippen LogP contribution in [0.15, 0.2) is 22.9 Å². The molecule has 0 aliphatic carbocycles. The van der Waals surface area contributed by atoms with E-state index in [1.165, 1.54) is 0 Å². The molecule has 0 bridgehead atoms. The monoisotopic (exact) mass is 303 g/mol. The molecule has 0 fully saturated rings. The third-order valence-corrected chi connectivity index (χ3v) is 2.81. The Labute approximate surface area is 108 Å². The van der Waals surface area contributed by atoms with Gasteiger partial charge in [0.1, 0.15) is 10.7 Å². The van der Waals surface area contributed by atoms with Gasteiger partial charge in [0.2, 0.25) is 0 Å². The van der Waals surface area contributed by atoms with Gasteiger partial charge in [-0.15, -0.1) is 0 Å². The van der Waals surface area contributed by atoms with Crippen LogP contribution in [0.1, 0.15) is 25.0 Å². The van der Waals surface area contributed by atoms with Crippen molar-refractivity contribution >= 4 is 21.9 Å². The highest BCUT2D eigenvalue weighted by Gasteiger charge is 2.23. The lowest BCUT2D eigenvalue weighted by atomic mass is 10.0. The SMILES string of the molecule is CCOC(=O)CC(O)C(O)c1cccnc1Br. The molecule has 6 heteroatoms. The Balaban J connectivity index is 2.67. The Hall–Kier alpha value is -0.980. The van der Waals surface area contributed by atoms with E-state index in [1.807, 2.05) is 0 Å². The second kappa shape index (κ2) is 6.68. The number of nitrogens with zero attached hydrogens (tertiary/aromatic N) is 1. The molecule has 1 heterocycles. The summed E-state index contributed by atoms with van der Waals surface area (Å²) in [6.07, 6.45) is -1.09. The van der Waals surface area contributed by atoms with Crippen LogP contribution < -0.4 is 0 Å². The van der Waals surface area contributed by atoms with Crippen molar-refractivity contribution in [2.75, 3.05) is 6.61 Å². The molecule has 2 N–H and O–H groups in total. The average Bonchev–Trinajstić information content (AvgIpc) is 2.29. The highest BCUT2D eigenvalue weighted by atomic mass is 79.9. The molecule has 0 saturated carbocycles. The van der Waals surface area contributed by atoms with Gasteiger partial charge in [0.15, 0.2) is 0 Å². The summed E-state index contributed by atoms with van der Waals surface area (Å²) in [6, 6.07) is 3.26. The van der Waals surface area contributed by atoms with Crippen LogP contribution >= 0.6 is 15.9 Å². The number of aliphatic hydroxyl groups is 2. The van der Waals surface area contributed by atoms with Gasteiger partial charge < -0.3 is 14.9 Å². The largest absolute Gasteiger partial charge is 0.466 e. The number of rotatable bonds is 5. The third-order valence-electron chi connectivity index (χ3n) is 2.15. The molecule has 0 radical (unpaired) electrons. The zero-order chi connectivity index (χ0) is 12.8. The van der Waals surface area contributed by atoms with E-state index >= 15 is 0 Å². The Bertz CT molecular complexity index is 385. The summed E-state index contributed by atoms with van der Waals surface area (Å²) >= 11 is 3.16. The Morgan fingerprint density at radius 1 is 1.59 bits per heavy atom. The van der Waals surface area contributed by atoms with E-state index in [9.17, 15) is 15.0 Å². The predicted molar refractivity (Wildman–Crippen MR) is 64.2 cm³/mol. The van der Waals surface area contributed by atoms with Crippen LogP contribution in [0.5, 0.6) is 0 Å². The number of halogens is 1. The first-order chi connectivity index (χ1) is 8.06. The summed E-state index contributed by atoms with van der Waals surface area (Å²) < 4.78 is 5.13. The number of esters is 1. The highest BCUT2D eigenvalue weighted by molar-refractivity contribution is 9.10. The van der Waals surface area contributed by atoms with Gasteiger partial charge in [0, 0.05) is 11.8 Å². The van der Waals surface area contributed by atoms with Crippen molar-refractivity contribution in [1.29, 1.82) is 0 Å². The van der Waals surface area contributed by atoms with Gasteiger partial charge in [0.05, 0.1) is 19.1 Å². The van der Waals surface area contributed by atoms with Gasteiger partial charge in [-0.1, -0.05) is 6.07 Å². The van der Waals surface area contributed by atoms with Gasteiger partial charge >= 0.3 is 5.97 Å². The number of aromatic nitrogens is 1. The van der Waals surface area contributed by atoms with E-state index in [1.54, 1.807) is 25.3 Å². The molecule has 0 aliphatic rings. The summed E-state index contributed by atoms with van der Waals surface area (Å²) in [5, 5.41) is 19.6. The Morgan fingerprint density at radius 2 is 2.29 bits per heavy atom. The first-order valence-corrected chi connectivity index (χ1v) is 5.97. The van der Waals surface area contributed by atoms with Gasteiger partial charge in [0.25, 0.3) is 0 Å². The van der Waals surface area contributed by atoms with Gasteiger partial charge in [-0.2, -0.15) is 0 Å². The van der Waals surface area contributed by atoms with Crippen LogP contribution in [0.25, 0.3) is 0 Å². The Kier molecular flexibility index (Phi) is 5.54. The van der Waals surface area contributed by atoms with Crippen molar-refractivity contribution in [2.45, 2.75) is 25.6 Å². The number of ether oxygens (including phenoxy) is 1. The van der Waals surface area contributed by atoms with Crippen molar-refractivity contribution in [3.8, 4) is 0 Å². The minimum Gasteiger partial charge on any atom is -0.466 e. The predicted octanol–water partition coefficient (Wildman–Crippen LogP) is 1.19. The second-order valence-corrected chi connectivity index (χ2v) is 4.16. The quantitative estimate of drug-likeness (QED) is 0.631. The highest BCUT2D eigenvalue weighted by Crippen LogP contribution is 2.24. The fraction of sp³-hybridized carbons (Fsp3) is 0.455. The summed E-state index contributed by atoms with van der Waals surface area (Å²) in [6.45, 7) is 1.93. The second-order valence-electron chi connectivity index (χ2n) is 3.40. The Morgan fingerprint density at radius 3 is 2.88 bits per heavy atom. The maximum Gasteiger partial charge on any atom is 0.308 e. The molecule has 0 aromatic carbocycles. The number of hydrogen-bond acceptors (Lipinski definition) is 5. The molecule has 5 nitrogen and oxygen atoms in total. The molecule has 1 aromatic rings. The van der Waals surface area contributed by atoms with Crippen molar-refractivity contribution < 1.29 is 19.7 Å². The van der Waals surface area contributed by atoms with Crippen molar-refractivity contribution in [3.63, 3.8) is 0 Å². The molecule has 1 aromatic heterocycles. The van der Waals surface area contributed by atoms with Gasteiger partial charge in [-0.3, -0.25) is 4.79 Å². The topological polar surface area (TPSA) is 79.7 Å². The summed E-state index contributed by atoms with van der Waals surface area (Å²) in [7, 11) is 0. The fourth-order valence-corrected chi connectivity index (χ4v) is 1.81. The number of hydrogen-bond donors (Lipinski definition) is 2. The standard InChI is InChI=1S/C11H14BrNO4/c1-2-17-9(15)6-8(14)10(16)7-4-3-5-13-11(7)12/h3-5,8,10,14,16H,2,6H2,1H3. The maximum atomic E-state index is 11.2. The van der Waals surface area contributed by atoms with Gasteiger partial charge in [-0.25, -0.2) is 4.98 Å². The molecule has 94 valence electrons. The minimum absolute atomic E-state index is 0.248. The molecule has 0 saturated heterocycles. The summed E-state index contributed by atoms with van der Waals surface area (Å²) in [5.74, 6) is -0.543. The van der Waals surface area contributed by atoms with Crippen molar-refractivity contribution in [1.82, 2.24) is 4.98 Å². The van der Waals surface area contributed by atoms with E-state index in [0.29, 0.717) is 10.2 Å². The average molecular weight is 304 g/mol. The number of aliphatic hydroxyl groups excluding tert-OH is 2. The molecular formula is C11H14BrNO4. The van der Waals surface area contributed by atoms with Crippen LogP contribution in [-0.4, -0.2) is 33.9 Å². The number of carbonyl (C=O) groups is 1. The van der Waals surface area contributed by atoms with Crippen molar-refractivity contribution in [2.24, 2.45) is 0 Å². The van der Waals surface area contributed by atoms with E-state index < -0.39 is 18.2 Å². The maximum absolute atomic E-state index is 11.2. The lowest BCUT2D eigenvalue weighted by Crippen LogP contribution is -2.23. The van der Waals surface area contributed by atoms with Crippen LogP contribution in [-0.2, 0) is 9.53 Å². The lowest BCUT2D eigenvalue weighted by Gasteiger charge is -2.17. The molecule has 17 heavy (non-hydrogen) atoms. The molecule has 0 amide bonds. The van der Waals surface area contributed by atoms with Gasteiger partial charge in [-0.05, 0) is 28.9 Å². The first-order valence-electron chi connectivity index (χ1n) is 5.18. The first kappa shape index (κ1) is 14.1. The van der Waals surface area contributed by atoms with Crippen LogP contribution in [0.3, 0.4) is 0 Å². The smallest absolute Gasteiger partial charge is 0.308 e. The lowest BCUT2D eigenvalue weighted by molar-refractivity contribution is -0.147. The summed E-state index contributed by atoms with van der Waals surface area (Å²) in [4.78, 5) is 15.1. The zero-order valence-electron chi connectivity index (χ0n) is 9.34. The van der Waals surface area contributed by atoms with Crippen LogP contribution in [0.2, 0.25) is 0 Å². The molecular weight excluding hydrogens is 290 g/mol. The molecule has 1 rings (SSSR count). The van der Waals surface area contributed by atoms with Crippen molar-refractivity contribution in [3.05, 3.63) is 28.5 Å². The van der Waals surface area contributed by atoms with Crippen LogP contribution in [0, 0.1) is 0 Å². The normalized spacial score (nSPS) is 14.1. The molecule has 2 unspecified atom stereocenters. The number of carbonyl (C=O) groups excluding carboxylic acids is 1. The van der Waals surface area contributed by atoms with E-state index in [0.717, 1.165) is 0 Å². The van der Waals surface area contributed by atoms with Crippen LogP contribution in [0.4, 0.5) is 0 Å². The minimum atomic E-state index is -1.21. The van der Waals surface area contributed by atoms with E-state index in [4.69, 9.17) is 4.74 Å². The fourth-order valence-electron chi connectivity index (χ4n) is 1.33. The zero-order valence-corrected chi connectivity index (χ0v) is 10.9. The third kappa shape index (κ3) is 4.07. The number of pyridine rings is 1. The molecule has 0 spiro atoms. The van der Waals surface area contributed by atoms with E-state index in [2.05, 4.69) is 20.9 Å².